The topological polar surface area (TPSA) is 92.7 Å². The van der Waals surface area contributed by atoms with Gasteiger partial charge in [0.05, 0.1) is 9.13 Å². The van der Waals surface area contributed by atoms with Crippen LogP contribution in [0.1, 0.15) is 29.8 Å². The van der Waals surface area contributed by atoms with E-state index in [1.165, 1.54) is 30.3 Å². The molecule has 0 spiro atoms. The SMILES string of the molecule is CC(C)(Oc1ccc(C(=O)OCC(F)(F)S(=O)(=O)[O-])cc1I)c1ccc(F)cc1. The number of carbonyl (C=O) groups excluding carboxylic acids is 1. The summed E-state index contributed by atoms with van der Waals surface area (Å²) in [6.45, 7) is 1.62. The highest BCUT2D eigenvalue weighted by molar-refractivity contribution is 14.1. The van der Waals surface area contributed by atoms with Crippen molar-refractivity contribution >= 4 is 38.7 Å². The van der Waals surface area contributed by atoms with Gasteiger partial charge in [-0.15, -0.1) is 0 Å². The van der Waals surface area contributed by atoms with Crippen LogP contribution in [0, 0.1) is 9.39 Å². The summed E-state index contributed by atoms with van der Waals surface area (Å²) in [5.74, 6) is -1.25. The maximum atomic E-state index is 13.1. The highest BCUT2D eigenvalue weighted by Gasteiger charge is 2.39. The summed E-state index contributed by atoms with van der Waals surface area (Å²) in [5.41, 5.74) is -0.292. The Balaban J connectivity index is 2.13. The van der Waals surface area contributed by atoms with Crippen LogP contribution in [-0.4, -0.2) is 30.8 Å². The minimum atomic E-state index is -5.95. The van der Waals surface area contributed by atoms with Crippen molar-refractivity contribution in [3.05, 3.63) is 63.0 Å². The molecule has 0 bridgehead atoms. The molecule has 6 nitrogen and oxygen atoms in total. The number of halogens is 4. The average molecular weight is 543 g/mol. The predicted molar refractivity (Wildman–Crippen MR) is 104 cm³/mol. The van der Waals surface area contributed by atoms with Crippen LogP contribution in [0.2, 0.25) is 0 Å². The Morgan fingerprint density at radius 1 is 1.14 bits per heavy atom. The molecule has 0 aliphatic carbocycles. The van der Waals surface area contributed by atoms with E-state index in [1.807, 2.05) is 22.6 Å². The van der Waals surface area contributed by atoms with Gasteiger partial charge in [0.1, 0.15) is 17.2 Å². The maximum absolute atomic E-state index is 13.1. The number of esters is 1. The molecular weight excluding hydrogens is 528 g/mol. The molecule has 2 rings (SSSR count). The summed E-state index contributed by atoms with van der Waals surface area (Å²) in [6, 6.07) is 9.67. The fourth-order valence-electron chi connectivity index (χ4n) is 2.20. The number of ether oxygens (including phenoxy) is 2. The van der Waals surface area contributed by atoms with Gasteiger partial charge in [0.25, 0.3) is 0 Å². The predicted octanol–water partition coefficient (Wildman–Crippen LogP) is 4.04. The van der Waals surface area contributed by atoms with Crippen molar-refractivity contribution in [2.24, 2.45) is 0 Å². The number of hydrogen-bond acceptors (Lipinski definition) is 6. The van der Waals surface area contributed by atoms with Crippen molar-refractivity contribution in [3.8, 4) is 5.75 Å². The first-order chi connectivity index (χ1) is 13.2. The minimum Gasteiger partial charge on any atom is -0.743 e. The van der Waals surface area contributed by atoms with Crippen LogP contribution in [0.5, 0.6) is 5.75 Å². The molecule has 29 heavy (non-hydrogen) atoms. The summed E-state index contributed by atoms with van der Waals surface area (Å²) in [4.78, 5) is 11.9. The molecule has 158 valence electrons. The lowest BCUT2D eigenvalue weighted by molar-refractivity contribution is -0.00998. The second-order valence-corrected chi connectivity index (χ2v) is 9.10. The molecule has 0 amide bonds. The van der Waals surface area contributed by atoms with E-state index in [0.29, 0.717) is 14.9 Å². The van der Waals surface area contributed by atoms with E-state index in [1.54, 1.807) is 26.0 Å². The van der Waals surface area contributed by atoms with Gasteiger partial charge in [-0.25, -0.2) is 17.6 Å². The number of alkyl halides is 2. The highest BCUT2D eigenvalue weighted by Crippen LogP contribution is 2.32. The largest absolute Gasteiger partial charge is 0.743 e. The summed E-state index contributed by atoms with van der Waals surface area (Å²) < 4.78 is 81.2. The smallest absolute Gasteiger partial charge is 0.367 e. The maximum Gasteiger partial charge on any atom is 0.367 e. The molecule has 11 heteroatoms. The number of carbonyl (C=O) groups is 1. The third kappa shape index (κ3) is 5.82. The van der Waals surface area contributed by atoms with Crippen molar-refractivity contribution < 1.29 is 40.4 Å². The van der Waals surface area contributed by atoms with Gasteiger partial charge in [-0.1, -0.05) is 12.1 Å². The number of benzene rings is 2. The van der Waals surface area contributed by atoms with Crippen LogP contribution in [0.15, 0.2) is 42.5 Å². The highest BCUT2D eigenvalue weighted by atomic mass is 127. The normalized spacial score (nSPS) is 12.5. The van der Waals surface area contributed by atoms with Gasteiger partial charge in [-0.2, -0.15) is 8.78 Å². The van der Waals surface area contributed by atoms with Crippen LogP contribution >= 0.6 is 22.6 Å². The van der Waals surface area contributed by atoms with E-state index >= 15 is 0 Å². The lowest BCUT2D eigenvalue weighted by atomic mass is 9.98. The third-order valence-electron chi connectivity index (χ3n) is 3.81. The molecular formula is C18H15F3IO6S-. The summed E-state index contributed by atoms with van der Waals surface area (Å²) in [6.07, 6.45) is 0. The Morgan fingerprint density at radius 3 is 2.24 bits per heavy atom. The Labute approximate surface area is 178 Å². The number of rotatable bonds is 7. The zero-order valence-electron chi connectivity index (χ0n) is 15.1. The summed E-state index contributed by atoms with van der Waals surface area (Å²) >= 11 is 1.85. The number of hydrogen-bond donors (Lipinski definition) is 0. The summed E-state index contributed by atoms with van der Waals surface area (Å²) in [7, 11) is -5.95. The molecule has 0 saturated heterocycles. The van der Waals surface area contributed by atoms with Gasteiger partial charge in [-0.3, -0.25) is 0 Å². The fraction of sp³-hybridized carbons (Fsp3) is 0.278. The fourth-order valence-corrected chi connectivity index (χ4v) is 3.03. The Hall–Kier alpha value is -1.86. The first-order valence-corrected chi connectivity index (χ1v) is 10.5. The van der Waals surface area contributed by atoms with Gasteiger partial charge in [0, 0.05) is 0 Å². The van der Waals surface area contributed by atoms with Crippen molar-refractivity contribution in [3.63, 3.8) is 0 Å². The molecule has 2 aromatic carbocycles. The van der Waals surface area contributed by atoms with Crippen LogP contribution < -0.4 is 4.74 Å². The first kappa shape index (κ1) is 23.4. The van der Waals surface area contributed by atoms with Gasteiger partial charge in [0.15, 0.2) is 16.7 Å². The van der Waals surface area contributed by atoms with E-state index in [9.17, 15) is 30.9 Å². The zero-order valence-corrected chi connectivity index (χ0v) is 18.1. The minimum absolute atomic E-state index is 0.138. The summed E-state index contributed by atoms with van der Waals surface area (Å²) in [5, 5.41) is -4.72. The van der Waals surface area contributed by atoms with Crippen LogP contribution in [-0.2, 0) is 20.5 Å². The molecule has 2 aromatic rings. The molecule has 0 radical (unpaired) electrons. The first-order valence-electron chi connectivity index (χ1n) is 7.98. The van der Waals surface area contributed by atoms with Gasteiger partial charge >= 0.3 is 11.2 Å². The lowest BCUT2D eigenvalue weighted by Gasteiger charge is -2.27. The van der Waals surface area contributed by atoms with Crippen LogP contribution in [0.4, 0.5) is 13.2 Å². The molecule has 0 atom stereocenters. The monoisotopic (exact) mass is 543 g/mol. The Kier molecular flexibility index (Phi) is 6.85. The standard InChI is InChI=1S/C18H16F3IO6S/c1-17(2,12-4-6-13(19)7-5-12)28-15-8-3-11(9-14(15)22)16(23)27-10-18(20,21)29(24,25)26/h3-9H,10H2,1-2H3,(H,24,25,26)/p-1. The average Bonchev–Trinajstić information content (AvgIpc) is 2.60. The molecule has 0 heterocycles. The Morgan fingerprint density at radius 2 is 1.72 bits per heavy atom. The second kappa shape index (κ2) is 8.48. The van der Waals surface area contributed by atoms with Gasteiger partial charge in [0.2, 0.25) is 0 Å². The van der Waals surface area contributed by atoms with Gasteiger partial charge < -0.3 is 14.0 Å². The molecule has 0 saturated carbocycles. The van der Waals surface area contributed by atoms with Gasteiger partial charge in [-0.05, 0) is 72.3 Å². The van der Waals surface area contributed by atoms with Crippen molar-refractivity contribution in [2.75, 3.05) is 6.61 Å². The molecule has 0 aromatic heterocycles. The second-order valence-electron chi connectivity index (χ2n) is 6.43. The molecule has 0 aliphatic heterocycles. The zero-order chi connectivity index (χ0) is 22.0. The van der Waals surface area contributed by atoms with Crippen LogP contribution in [0.3, 0.4) is 0 Å². The van der Waals surface area contributed by atoms with E-state index in [4.69, 9.17) is 4.74 Å². The molecule has 0 unspecified atom stereocenters. The van der Waals surface area contributed by atoms with E-state index in [0.717, 1.165) is 0 Å². The van der Waals surface area contributed by atoms with Crippen molar-refractivity contribution in [1.29, 1.82) is 0 Å². The van der Waals surface area contributed by atoms with E-state index < -0.39 is 39.4 Å². The third-order valence-corrected chi connectivity index (χ3v) is 5.50. The van der Waals surface area contributed by atoms with Crippen LogP contribution in [0.25, 0.3) is 0 Å². The van der Waals surface area contributed by atoms with E-state index in [2.05, 4.69) is 4.74 Å². The Bertz CT molecular complexity index is 1010. The molecule has 0 fully saturated rings. The molecule has 0 N–H and O–H groups in total. The van der Waals surface area contributed by atoms with Crippen molar-refractivity contribution in [1.82, 2.24) is 0 Å². The van der Waals surface area contributed by atoms with Crippen molar-refractivity contribution in [2.45, 2.75) is 24.7 Å². The molecule has 0 aliphatic rings. The van der Waals surface area contributed by atoms with E-state index in [-0.39, 0.29) is 5.56 Å². The quantitative estimate of drug-likeness (QED) is 0.298. The lowest BCUT2D eigenvalue weighted by Crippen LogP contribution is -2.34.